The van der Waals surface area contributed by atoms with Gasteiger partial charge in [-0.05, 0) is 37.0 Å². The third-order valence-corrected chi connectivity index (χ3v) is 2.85. The summed E-state index contributed by atoms with van der Waals surface area (Å²) in [4.78, 5) is 0. The van der Waals surface area contributed by atoms with Crippen LogP contribution in [0.5, 0.6) is 0 Å². The van der Waals surface area contributed by atoms with E-state index in [1.54, 1.807) is 0 Å². The Kier molecular flexibility index (Phi) is 4.39. The number of hydrogen-bond donors (Lipinski definition) is 1. The average Bonchev–Trinajstić information content (AvgIpc) is 2.02. The highest BCUT2D eigenvalue weighted by molar-refractivity contribution is 4.75. The van der Waals surface area contributed by atoms with Crippen molar-refractivity contribution in [1.29, 1.82) is 0 Å². The molecule has 2 N–H and O–H groups in total. The van der Waals surface area contributed by atoms with E-state index in [0.29, 0.717) is 11.5 Å². The lowest BCUT2D eigenvalue weighted by molar-refractivity contribution is 0.0605. The van der Waals surface area contributed by atoms with Crippen molar-refractivity contribution in [2.75, 3.05) is 13.2 Å². The third kappa shape index (κ3) is 4.97. The van der Waals surface area contributed by atoms with Gasteiger partial charge in [0, 0.05) is 19.3 Å². The normalized spacial score (nSPS) is 22.3. The lowest BCUT2D eigenvalue weighted by Crippen LogP contribution is -2.30. The zero-order valence-electron chi connectivity index (χ0n) is 9.88. The summed E-state index contributed by atoms with van der Waals surface area (Å²) < 4.78 is 5.34. The van der Waals surface area contributed by atoms with E-state index in [4.69, 9.17) is 10.5 Å². The molecule has 0 saturated carbocycles. The van der Waals surface area contributed by atoms with Crippen molar-refractivity contribution >= 4 is 0 Å². The third-order valence-electron chi connectivity index (χ3n) is 2.85. The van der Waals surface area contributed by atoms with Crippen molar-refractivity contribution < 1.29 is 4.74 Å². The maximum absolute atomic E-state index is 6.15. The summed E-state index contributed by atoms with van der Waals surface area (Å²) in [5.41, 5.74) is 6.52. The Morgan fingerprint density at radius 1 is 1.29 bits per heavy atom. The molecule has 1 atom stereocenters. The first-order chi connectivity index (χ1) is 6.47. The van der Waals surface area contributed by atoms with Crippen LogP contribution in [0.15, 0.2) is 0 Å². The Balaban J connectivity index is 2.21. The molecule has 0 amide bonds. The standard InChI is InChI=1S/C12H25NO/c1-12(2,3)9-11(13)8-10-4-6-14-7-5-10/h10-11H,4-9,13H2,1-3H3. The van der Waals surface area contributed by atoms with Crippen molar-refractivity contribution in [3.8, 4) is 0 Å². The molecular weight excluding hydrogens is 174 g/mol. The summed E-state index contributed by atoms with van der Waals surface area (Å²) in [5.74, 6) is 0.807. The van der Waals surface area contributed by atoms with Gasteiger partial charge in [0.2, 0.25) is 0 Å². The smallest absolute Gasteiger partial charge is 0.0468 e. The average molecular weight is 199 g/mol. The molecule has 0 aromatic carbocycles. The van der Waals surface area contributed by atoms with Crippen molar-refractivity contribution in [2.24, 2.45) is 17.1 Å². The summed E-state index contributed by atoms with van der Waals surface area (Å²) in [6.45, 7) is 8.66. The minimum atomic E-state index is 0.366. The van der Waals surface area contributed by atoms with Gasteiger partial charge in [-0.25, -0.2) is 0 Å². The summed E-state index contributed by atoms with van der Waals surface area (Å²) >= 11 is 0. The van der Waals surface area contributed by atoms with Crippen LogP contribution in [0.3, 0.4) is 0 Å². The first-order valence-electron chi connectivity index (χ1n) is 5.81. The number of hydrogen-bond acceptors (Lipinski definition) is 2. The Morgan fingerprint density at radius 3 is 2.36 bits per heavy atom. The maximum atomic E-state index is 6.15. The van der Waals surface area contributed by atoms with Gasteiger partial charge in [0.25, 0.3) is 0 Å². The SMILES string of the molecule is CC(C)(C)CC(N)CC1CCOCC1. The zero-order valence-corrected chi connectivity index (χ0v) is 9.88. The molecule has 2 heteroatoms. The largest absolute Gasteiger partial charge is 0.381 e. The molecule has 0 radical (unpaired) electrons. The second kappa shape index (κ2) is 5.13. The predicted molar refractivity (Wildman–Crippen MR) is 60.2 cm³/mol. The van der Waals surface area contributed by atoms with Gasteiger partial charge >= 0.3 is 0 Å². The van der Waals surface area contributed by atoms with Crippen LogP contribution >= 0.6 is 0 Å². The van der Waals surface area contributed by atoms with Crippen LogP contribution in [0.2, 0.25) is 0 Å². The van der Waals surface area contributed by atoms with Gasteiger partial charge in [0.1, 0.15) is 0 Å². The molecule has 1 saturated heterocycles. The quantitative estimate of drug-likeness (QED) is 0.758. The predicted octanol–water partition coefficient (Wildman–Crippen LogP) is 2.57. The van der Waals surface area contributed by atoms with Gasteiger partial charge in [-0.2, -0.15) is 0 Å². The summed E-state index contributed by atoms with van der Waals surface area (Å²) in [7, 11) is 0. The molecule has 0 bridgehead atoms. The molecular formula is C12H25NO. The highest BCUT2D eigenvalue weighted by Crippen LogP contribution is 2.26. The highest BCUT2D eigenvalue weighted by Gasteiger charge is 2.20. The van der Waals surface area contributed by atoms with Gasteiger partial charge in [0.05, 0.1) is 0 Å². The minimum Gasteiger partial charge on any atom is -0.381 e. The van der Waals surface area contributed by atoms with Crippen molar-refractivity contribution in [3.63, 3.8) is 0 Å². The second-order valence-corrected chi connectivity index (χ2v) is 5.82. The van der Waals surface area contributed by atoms with Gasteiger partial charge in [-0.1, -0.05) is 20.8 Å². The van der Waals surface area contributed by atoms with E-state index >= 15 is 0 Å². The fourth-order valence-corrected chi connectivity index (χ4v) is 2.28. The molecule has 1 aliphatic heterocycles. The van der Waals surface area contributed by atoms with Crippen molar-refractivity contribution in [1.82, 2.24) is 0 Å². The molecule has 14 heavy (non-hydrogen) atoms. The molecule has 1 heterocycles. The lowest BCUT2D eigenvalue weighted by Gasteiger charge is -2.28. The van der Waals surface area contributed by atoms with E-state index in [9.17, 15) is 0 Å². The van der Waals surface area contributed by atoms with E-state index < -0.39 is 0 Å². The topological polar surface area (TPSA) is 35.2 Å². The molecule has 84 valence electrons. The van der Waals surface area contributed by atoms with Crippen LogP contribution in [-0.4, -0.2) is 19.3 Å². The number of nitrogens with two attached hydrogens (primary N) is 1. The number of ether oxygens (including phenoxy) is 1. The van der Waals surface area contributed by atoms with E-state index in [0.717, 1.165) is 25.6 Å². The Labute approximate surface area is 88.2 Å². The van der Waals surface area contributed by atoms with E-state index in [2.05, 4.69) is 20.8 Å². The Hall–Kier alpha value is -0.0800. The molecule has 1 aliphatic rings. The van der Waals surface area contributed by atoms with Crippen LogP contribution in [0.4, 0.5) is 0 Å². The maximum Gasteiger partial charge on any atom is 0.0468 e. The number of rotatable bonds is 3. The van der Waals surface area contributed by atoms with Crippen LogP contribution in [0, 0.1) is 11.3 Å². The molecule has 0 aromatic rings. The Bertz CT molecular complexity index is 156. The molecule has 0 aromatic heterocycles. The van der Waals surface area contributed by atoms with Crippen LogP contribution in [0.1, 0.15) is 46.5 Å². The van der Waals surface area contributed by atoms with Gasteiger partial charge in [0.15, 0.2) is 0 Å². The zero-order chi connectivity index (χ0) is 10.6. The first-order valence-corrected chi connectivity index (χ1v) is 5.81. The first kappa shape index (κ1) is 12.0. The fraction of sp³-hybridized carbons (Fsp3) is 1.00. The molecule has 1 unspecified atom stereocenters. The summed E-state index contributed by atoms with van der Waals surface area (Å²) in [5, 5.41) is 0. The minimum absolute atomic E-state index is 0.366. The molecule has 1 fully saturated rings. The lowest BCUT2D eigenvalue weighted by atomic mass is 9.83. The fourth-order valence-electron chi connectivity index (χ4n) is 2.28. The molecule has 2 nitrogen and oxygen atoms in total. The molecule has 0 spiro atoms. The summed E-state index contributed by atoms with van der Waals surface area (Å²) in [6, 6.07) is 0.373. The van der Waals surface area contributed by atoms with Crippen LogP contribution in [-0.2, 0) is 4.74 Å². The van der Waals surface area contributed by atoms with Gasteiger partial charge in [-0.15, -0.1) is 0 Å². The monoisotopic (exact) mass is 199 g/mol. The van der Waals surface area contributed by atoms with Gasteiger partial charge < -0.3 is 10.5 Å². The van der Waals surface area contributed by atoms with Gasteiger partial charge in [-0.3, -0.25) is 0 Å². The van der Waals surface area contributed by atoms with Crippen molar-refractivity contribution in [3.05, 3.63) is 0 Å². The Morgan fingerprint density at radius 2 is 1.86 bits per heavy atom. The van der Waals surface area contributed by atoms with E-state index in [1.807, 2.05) is 0 Å². The van der Waals surface area contributed by atoms with E-state index in [-0.39, 0.29) is 0 Å². The molecule has 1 rings (SSSR count). The summed E-state index contributed by atoms with van der Waals surface area (Å²) in [6.07, 6.45) is 4.72. The highest BCUT2D eigenvalue weighted by atomic mass is 16.5. The molecule has 0 aliphatic carbocycles. The van der Waals surface area contributed by atoms with Crippen LogP contribution in [0.25, 0.3) is 0 Å². The van der Waals surface area contributed by atoms with E-state index in [1.165, 1.54) is 19.3 Å². The van der Waals surface area contributed by atoms with Crippen LogP contribution < -0.4 is 5.73 Å². The second-order valence-electron chi connectivity index (χ2n) is 5.82. The van der Waals surface area contributed by atoms with Crippen molar-refractivity contribution in [2.45, 2.75) is 52.5 Å².